The summed E-state index contributed by atoms with van der Waals surface area (Å²) in [6, 6.07) is 5.28. The molecule has 204 valence electrons. The van der Waals surface area contributed by atoms with E-state index in [0.29, 0.717) is 34.6 Å². The molecule has 0 spiro atoms. The molecule has 2 aromatic heterocycles. The fraction of sp³-hybridized carbons (Fsp3) is 0.407. The predicted octanol–water partition coefficient (Wildman–Crippen LogP) is 4.84. The van der Waals surface area contributed by atoms with Crippen molar-refractivity contribution in [1.29, 1.82) is 0 Å². The summed E-state index contributed by atoms with van der Waals surface area (Å²) in [5.41, 5.74) is 9.81. The molecule has 0 aliphatic rings. The zero-order valence-corrected chi connectivity index (χ0v) is 22.6. The zero-order valence-electron chi connectivity index (χ0n) is 22.6. The molecule has 0 saturated carbocycles. The van der Waals surface area contributed by atoms with Gasteiger partial charge in [0.05, 0.1) is 25.0 Å². The Kier molecular flexibility index (Phi) is 8.95. The molecule has 1 unspecified atom stereocenters. The number of fused-ring (bicyclic) bond motifs is 1. The number of hydrogen-bond acceptors (Lipinski definition) is 8. The third-order valence-electron chi connectivity index (χ3n) is 6.29. The van der Waals surface area contributed by atoms with Gasteiger partial charge in [0.1, 0.15) is 11.7 Å². The molecule has 0 bridgehead atoms. The molecule has 38 heavy (non-hydrogen) atoms. The SMILES string of the molecule is CN=C(C)/C(CCOc1c(-c2ccc3ncc(CN(C)N)n3c2)ccc(F)c1F)=C(\N)C(N=O)C(C)(C)C. The Hall–Kier alpha value is -3.70. The van der Waals surface area contributed by atoms with Crippen molar-refractivity contribution in [2.24, 2.45) is 27.2 Å². The number of imidazole rings is 1. The fourth-order valence-electron chi connectivity index (χ4n) is 4.23. The zero-order chi connectivity index (χ0) is 28.2. The summed E-state index contributed by atoms with van der Waals surface area (Å²) < 4.78 is 37.0. The Bertz CT molecular complexity index is 1370. The number of ether oxygens (including phenoxy) is 1. The van der Waals surface area contributed by atoms with Gasteiger partial charge in [-0.15, -0.1) is 0 Å². The summed E-state index contributed by atoms with van der Waals surface area (Å²) in [4.78, 5) is 20.2. The van der Waals surface area contributed by atoms with Gasteiger partial charge in [0.2, 0.25) is 5.82 Å². The van der Waals surface area contributed by atoms with Crippen LogP contribution in [0.3, 0.4) is 0 Å². The molecule has 0 fully saturated rings. The lowest BCUT2D eigenvalue weighted by Crippen LogP contribution is -2.32. The molecule has 0 saturated heterocycles. The van der Waals surface area contributed by atoms with Crippen LogP contribution in [0.5, 0.6) is 5.75 Å². The molecule has 11 heteroatoms. The third-order valence-corrected chi connectivity index (χ3v) is 6.29. The van der Waals surface area contributed by atoms with Gasteiger partial charge in [0, 0.05) is 49.2 Å². The van der Waals surface area contributed by atoms with E-state index in [1.165, 1.54) is 11.1 Å². The van der Waals surface area contributed by atoms with E-state index >= 15 is 4.39 Å². The number of nitrogens with zero attached hydrogens (tertiary/aromatic N) is 5. The lowest BCUT2D eigenvalue weighted by Gasteiger charge is -2.27. The maximum atomic E-state index is 15.0. The molecule has 9 nitrogen and oxygen atoms in total. The molecule has 1 atom stereocenters. The highest BCUT2D eigenvalue weighted by molar-refractivity contribution is 5.98. The van der Waals surface area contributed by atoms with E-state index in [2.05, 4.69) is 15.2 Å². The second kappa shape index (κ2) is 11.8. The molecule has 3 rings (SSSR count). The molecular weight excluding hydrogens is 492 g/mol. The molecule has 4 N–H and O–H groups in total. The summed E-state index contributed by atoms with van der Waals surface area (Å²) in [7, 11) is 3.34. The highest BCUT2D eigenvalue weighted by Crippen LogP contribution is 2.35. The van der Waals surface area contributed by atoms with Crippen molar-refractivity contribution in [3.8, 4) is 16.9 Å². The van der Waals surface area contributed by atoms with Crippen LogP contribution < -0.4 is 16.3 Å². The molecular formula is C27H35F2N7O2. The minimum absolute atomic E-state index is 0.0392. The van der Waals surface area contributed by atoms with Crippen molar-refractivity contribution in [3.63, 3.8) is 0 Å². The van der Waals surface area contributed by atoms with Crippen LogP contribution in [0.1, 0.15) is 39.8 Å². The number of hydrogen-bond donors (Lipinski definition) is 2. The van der Waals surface area contributed by atoms with Gasteiger partial charge >= 0.3 is 0 Å². The number of aromatic nitrogens is 2. The standard InChI is InChI=1S/C27H35F2N7O2/c1-16(32-5)19(24(30)26(34-37)27(2,3)4)11-12-38-25-20(8-9-21(28)23(25)29)17-7-10-22-33-13-18(15-35(6)31)36(22)14-17/h7-10,13-14,26H,11-12,15,30-31H2,1-6H3/b24-19-,32-16?. The minimum Gasteiger partial charge on any atom is -0.489 e. The minimum atomic E-state index is -1.10. The van der Waals surface area contributed by atoms with Gasteiger partial charge in [-0.25, -0.2) is 14.4 Å². The summed E-state index contributed by atoms with van der Waals surface area (Å²) in [5, 5.41) is 4.75. The van der Waals surface area contributed by atoms with Crippen LogP contribution in [0, 0.1) is 22.0 Å². The Labute approximate surface area is 221 Å². The summed E-state index contributed by atoms with van der Waals surface area (Å²) >= 11 is 0. The molecule has 0 amide bonds. The highest BCUT2D eigenvalue weighted by atomic mass is 19.2. The number of nitroso groups, excluding NO2 is 1. The van der Waals surface area contributed by atoms with Crippen LogP contribution in [-0.2, 0) is 6.54 Å². The van der Waals surface area contributed by atoms with E-state index in [-0.39, 0.29) is 24.5 Å². The number of aliphatic imine (C=N–C) groups is 1. The van der Waals surface area contributed by atoms with Gasteiger partial charge in [-0.3, -0.25) is 10.8 Å². The molecule has 0 aliphatic heterocycles. The smallest absolute Gasteiger partial charge is 0.201 e. The number of nitrogens with two attached hydrogens (primary N) is 2. The number of benzene rings is 1. The lowest BCUT2D eigenvalue weighted by molar-refractivity contribution is 0.299. The second-order valence-corrected chi connectivity index (χ2v) is 10.3. The van der Waals surface area contributed by atoms with Crippen molar-refractivity contribution >= 4 is 11.4 Å². The highest BCUT2D eigenvalue weighted by Gasteiger charge is 2.30. The van der Waals surface area contributed by atoms with E-state index < -0.39 is 23.1 Å². The Morgan fingerprint density at radius 3 is 2.55 bits per heavy atom. The fourth-order valence-corrected chi connectivity index (χ4v) is 4.23. The molecule has 0 radical (unpaired) electrons. The Morgan fingerprint density at radius 2 is 1.95 bits per heavy atom. The van der Waals surface area contributed by atoms with Crippen molar-refractivity contribution in [2.45, 2.75) is 46.7 Å². The first-order chi connectivity index (χ1) is 17.9. The largest absolute Gasteiger partial charge is 0.489 e. The Balaban J connectivity index is 1.98. The average molecular weight is 528 g/mol. The summed E-state index contributed by atoms with van der Waals surface area (Å²) in [6.07, 6.45) is 3.70. The number of rotatable bonds is 10. The van der Waals surface area contributed by atoms with Gasteiger partial charge in [0.25, 0.3) is 0 Å². The monoisotopic (exact) mass is 527 g/mol. The maximum absolute atomic E-state index is 15.0. The summed E-state index contributed by atoms with van der Waals surface area (Å²) in [5.74, 6) is 3.44. The van der Waals surface area contributed by atoms with E-state index in [1.54, 1.807) is 45.5 Å². The first kappa shape index (κ1) is 28.9. The average Bonchev–Trinajstić information content (AvgIpc) is 3.24. The molecule has 0 aliphatic carbocycles. The van der Waals surface area contributed by atoms with E-state index in [4.69, 9.17) is 16.3 Å². The van der Waals surface area contributed by atoms with Gasteiger partial charge in [0.15, 0.2) is 11.6 Å². The first-order valence-electron chi connectivity index (χ1n) is 12.2. The maximum Gasteiger partial charge on any atom is 0.201 e. The Morgan fingerprint density at radius 1 is 1.24 bits per heavy atom. The van der Waals surface area contributed by atoms with Gasteiger partial charge in [-0.1, -0.05) is 25.9 Å². The first-order valence-corrected chi connectivity index (χ1v) is 12.2. The quantitative estimate of drug-likeness (QED) is 0.168. The van der Waals surface area contributed by atoms with Crippen LogP contribution in [0.15, 0.2) is 58.1 Å². The van der Waals surface area contributed by atoms with Crippen LogP contribution in [0.4, 0.5) is 8.78 Å². The van der Waals surface area contributed by atoms with E-state index in [1.807, 2.05) is 25.2 Å². The third kappa shape index (κ3) is 6.22. The normalized spacial score (nSPS) is 14.1. The van der Waals surface area contributed by atoms with Crippen LogP contribution in [0.2, 0.25) is 0 Å². The van der Waals surface area contributed by atoms with Gasteiger partial charge in [-0.05, 0) is 42.2 Å². The van der Waals surface area contributed by atoms with Crippen molar-refractivity contribution in [2.75, 3.05) is 20.7 Å². The van der Waals surface area contributed by atoms with Crippen molar-refractivity contribution < 1.29 is 13.5 Å². The van der Waals surface area contributed by atoms with Crippen LogP contribution in [-0.4, -0.2) is 46.8 Å². The number of pyridine rings is 1. The topological polar surface area (TPSA) is 124 Å². The van der Waals surface area contributed by atoms with Gasteiger partial charge in [-0.2, -0.15) is 9.30 Å². The second-order valence-electron chi connectivity index (χ2n) is 10.3. The van der Waals surface area contributed by atoms with Crippen LogP contribution >= 0.6 is 0 Å². The van der Waals surface area contributed by atoms with E-state index in [0.717, 1.165) is 11.8 Å². The molecule has 1 aromatic carbocycles. The molecule has 3 aromatic rings. The number of halogens is 2. The lowest BCUT2D eigenvalue weighted by atomic mass is 9.83. The van der Waals surface area contributed by atoms with Crippen molar-refractivity contribution in [1.82, 2.24) is 14.4 Å². The van der Waals surface area contributed by atoms with E-state index in [9.17, 15) is 9.30 Å². The molecule has 2 heterocycles. The number of hydrazine groups is 1. The van der Waals surface area contributed by atoms with Crippen LogP contribution in [0.25, 0.3) is 16.8 Å². The van der Waals surface area contributed by atoms with Gasteiger partial charge < -0.3 is 14.9 Å². The predicted molar refractivity (Wildman–Crippen MR) is 146 cm³/mol. The summed E-state index contributed by atoms with van der Waals surface area (Å²) in [6.45, 7) is 7.74. The van der Waals surface area contributed by atoms with Crippen molar-refractivity contribution in [3.05, 3.63) is 70.2 Å².